The molecule has 0 radical (unpaired) electrons. The van der Waals surface area contributed by atoms with Gasteiger partial charge in [0.1, 0.15) is 5.54 Å². The molecule has 1 saturated carbocycles. The zero-order chi connectivity index (χ0) is 12.7. The van der Waals surface area contributed by atoms with E-state index in [9.17, 15) is 9.90 Å². The first kappa shape index (κ1) is 14.5. The van der Waals surface area contributed by atoms with Gasteiger partial charge < -0.3 is 15.3 Å². The average Bonchev–Trinajstić information content (AvgIpc) is 2.79. The molecule has 0 saturated heterocycles. The molecule has 0 aromatic heterocycles. The molecule has 1 aliphatic rings. The van der Waals surface area contributed by atoms with Crippen molar-refractivity contribution in [1.29, 1.82) is 0 Å². The molecular formula is C13H26N2O2. The van der Waals surface area contributed by atoms with Crippen molar-refractivity contribution in [1.82, 2.24) is 10.2 Å². The molecule has 2 N–H and O–H groups in total. The molecule has 0 unspecified atom stereocenters. The van der Waals surface area contributed by atoms with Crippen molar-refractivity contribution in [3.05, 3.63) is 0 Å². The highest BCUT2D eigenvalue weighted by molar-refractivity contribution is 5.79. The van der Waals surface area contributed by atoms with Crippen LogP contribution in [-0.4, -0.2) is 47.7 Å². The van der Waals surface area contributed by atoms with Crippen LogP contribution in [-0.2, 0) is 4.79 Å². The molecule has 1 aliphatic carbocycles. The second-order valence-corrected chi connectivity index (χ2v) is 4.90. The van der Waals surface area contributed by atoms with Crippen molar-refractivity contribution < 1.29 is 9.90 Å². The Morgan fingerprint density at radius 2 is 1.88 bits per heavy atom. The summed E-state index contributed by atoms with van der Waals surface area (Å²) in [6.07, 6.45) is 4.67. The van der Waals surface area contributed by atoms with Crippen molar-refractivity contribution in [3.8, 4) is 0 Å². The second kappa shape index (κ2) is 6.97. The van der Waals surface area contributed by atoms with E-state index in [4.69, 9.17) is 0 Å². The van der Waals surface area contributed by atoms with Gasteiger partial charge in [0, 0.05) is 0 Å². The maximum absolute atomic E-state index is 11.3. The van der Waals surface area contributed by atoms with Crippen molar-refractivity contribution >= 4 is 5.97 Å². The standard InChI is InChI=1S/C13H26N2O2/c1-3-15(4-2)11-7-10-14-13(12(16)17)8-5-6-9-13/h14H,3-11H2,1-2H3,(H,16,17). The number of rotatable bonds is 8. The van der Waals surface area contributed by atoms with Crippen LogP contribution in [0, 0.1) is 0 Å². The first-order valence-electron chi connectivity index (χ1n) is 6.85. The van der Waals surface area contributed by atoms with Gasteiger partial charge in [-0.15, -0.1) is 0 Å². The van der Waals surface area contributed by atoms with Gasteiger partial charge >= 0.3 is 5.97 Å². The smallest absolute Gasteiger partial charge is 0.323 e. The minimum Gasteiger partial charge on any atom is -0.480 e. The molecule has 0 spiro atoms. The highest BCUT2D eigenvalue weighted by atomic mass is 16.4. The molecule has 0 heterocycles. The van der Waals surface area contributed by atoms with Gasteiger partial charge in [0.15, 0.2) is 0 Å². The fourth-order valence-electron chi connectivity index (χ4n) is 2.61. The van der Waals surface area contributed by atoms with Gasteiger partial charge in [-0.1, -0.05) is 26.7 Å². The molecule has 0 aromatic carbocycles. The van der Waals surface area contributed by atoms with Gasteiger partial charge in [-0.2, -0.15) is 0 Å². The zero-order valence-electron chi connectivity index (χ0n) is 11.2. The fraction of sp³-hybridized carbons (Fsp3) is 0.923. The minimum atomic E-state index is -0.669. The quantitative estimate of drug-likeness (QED) is 0.636. The van der Waals surface area contributed by atoms with Gasteiger partial charge in [0.05, 0.1) is 0 Å². The molecule has 0 bridgehead atoms. The molecule has 4 nitrogen and oxygen atoms in total. The molecule has 0 amide bonds. The average molecular weight is 242 g/mol. The Morgan fingerprint density at radius 3 is 2.35 bits per heavy atom. The monoisotopic (exact) mass is 242 g/mol. The van der Waals surface area contributed by atoms with Crippen LogP contribution >= 0.6 is 0 Å². The largest absolute Gasteiger partial charge is 0.480 e. The topological polar surface area (TPSA) is 52.6 Å². The van der Waals surface area contributed by atoms with Crippen molar-refractivity contribution in [2.24, 2.45) is 0 Å². The summed E-state index contributed by atoms with van der Waals surface area (Å²) >= 11 is 0. The van der Waals surface area contributed by atoms with Crippen molar-refractivity contribution in [2.45, 2.75) is 51.5 Å². The van der Waals surface area contributed by atoms with E-state index in [1.165, 1.54) is 0 Å². The Balaban J connectivity index is 2.26. The van der Waals surface area contributed by atoms with Crippen molar-refractivity contribution in [3.63, 3.8) is 0 Å². The van der Waals surface area contributed by atoms with Crippen LogP contribution in [0.1, 0.15) is 46.0 Å². The molecule has 0 aromatic rings. The van der Waals surface area contributed by atoms with Gasteiger partial charge in [-0.3, -0.25) is 4.79 Å². The first-order valence-corrected chi connectivity index (χ1v) is 6.85. The van der Waals surface area contributed by atoms with E-state index in [0.717, 1.165) is 58.3 Å². The zero-order valence-corrected chi connectivity index (χ0v) is 11.2. The van der Waals surface area contributed by atoms with Crippen LogP contribution in [0.3, 0.4) is 0 Å². The van der Waals surface area contributed by atoms with E-state index >= 15 is 0 Å². The van der Waals surface area contributed by atoms with Crippen LogP contribution in [0.15, 0.2) is 0 Å². The van der Waals surface area contributed by atoms with Crippen LogP contribution < -0.4 is 5.32 Å². The van der Waals surface area contributed by atoms with E-state index in [1.54, 1.807) is 0 Å². The second-order valence-electron chi connectivity index (χ2n) is 4.90. The number of nitrogens with zero attached hydrogens (tertiary/aromatic N) is 1. The highest BCUT2D eigenvalue weighted by Crippen LogP contribution is 2.29. The van der Waals surface area contributed by atoms with Crippen LogP contribution in [0.5, 0.6) is 0 Å². The molecular weight excluding hydrogens is 216 g/mol. The Kier molecular flexibility index (Phi) is 5.92. The van der Waals surface area contributed by atoms with Crippen LogP contribution in [0.25, 0.3) is 0 Å². The summed E-state index contributed by atoms with van der Waals surface area (Å²) in [4.78, 5) is 13.7. The number of carbonyl (C=O) groups is 1. The molecule has 0 aliphatic heterocycles. The number of carboxylic acid groups (broad SMARTS) is 1. The summed E-state index contributed by atoms with van der Waals surface area (Å²) in [5, 5.41) is 12.6. The van der Waals surface area contributed by atoms with E-state index in [1.807, 2.05) is 0 Å². The lowest BCUT2D eigenvalue weighted by Gasteiger charge is -2.26. The first-order chi connectivity index (χ1) is 8.14. The van der Waals surface area contributed by atoms with Gasteiger partial charge in [0.2, 0.25) is 0 Å². The van der Waals surface area contributed by atoms with E-state index < -0.39 is 11.5 Å². The van der Waals surface area contributed by atoms with E-state index in [2.05, 4.69) is 24.1 Å². The summed E-state index contributed by atoms with van der Waals surface area (Å²) in [7, 11) is 0. The Labute approximate surface area is 104 Å². The predicted octanol–water partition coefficient (Wildman–Crippen LogP) is 1.71. The predicted molar refractivity (Wildman–Crippen MR) is 69.2 cm³/mol. The third kappa shape index (κ3) is 3.96. The van der Waals surface area contributed by atoms with E-state index in [-0.39, 0.29) is 0 Å². The molecule has 17 heavy (non-hydrogen) atoms. The Hall–Kier alpha value is -0.610. The summed E-state index contributed by atoms with van der Waals surface area (Å²) in [6, 6.07) is 0. The number of hydrogen-bond donors (Lipinski definition) is 2. The number of carboxylic acids is 1. The summed E-state index contributed by atoms with van der Waals surface area (Å²) in [5.41, 5.74) is -0.622. The molecule has 0 atom stereocenters. The molecule has 100 valence electrons. The summed E-state index contributed by atoms with van der Waals surface area (Å²) in [6.45, 7) is 8.32. The maximum atomic E-state index is 11.3. The Bertz CT molecular complexity index is 234. The molecule has 4 heteroatoms. The SMILES string of the molecule is CCN(CC)CCCNC1(C(=O)O)CCCC1. The lowest BCUT2D eigenvalue weighted by molar-refractivity contribution is -0.144. The van der Waals surface area contributed by atoms with Crippen LogP contribution in [0.2, 0.25) is 0 Å². The lowest BCUT2D eigenvalue weighted by atomic mass is 9.98. The fourth-order valence-corrected chi connectivity index (χ4v) is 2.61. The minimum absolute atomic E-state index is 0.622. The molecule has 1 rings (SSSR count). The van der Waals surface area contributed by atoms with Crippen LogP contribution in [0.4, 0.5) is 0 Å². The normalized spacial score (nSPS) is 18.8. The maximum Gasteiger partial charge on any atom is 0.323 e. The van der Waals surface area contributed by atoms with E-state index in [0.29, 0.717) is 0 Å². The summed E-state index contributed by atoms with van der Waals surface area (Å²) in [5.74, 6) is -0.669. The number of aliphatic carboxylic acids is 1. The molecule has 1 fully saturated rings. The van der Waals surface area contributed by atoms with Gasteiger partial charge in [0.25, 0.3) is 0 Å². The van der Waals surface area contributed by atoms with Gasteiger partial charge in [-0.25, -0.2) is 0 Å². The number of hydrogen-bond acceptors (Lipinski definition) is 3. The summed E-state index contributed by atoms with van der Waals surface area (Å²) < 4.78 is 0. The Morgan fingerprint density at radius 1 is 1.29 bits per heavy atom. The number of nitrogens with one attached hydrogen (secondary N) is 1. The third-order valence-corrected chi connectivity index (χ3v) is 3.88. The van der Waals surface area contributed by atoms with Crippen molar-refractivity contribution in [2.75, 3.05) is 26.2 Å². The van der Waals surface area contributed by atoms with Gasteiger partial charge in [-0.05, 0) is 45.4 Å². The highest BCUT2D eigenvalue weighted by Gasteiger charge is 2.40. The third-order valence-electron chi connectivity index (χ3n) is 3.88. The lowest BCUT2D eigenvalue weighted by Crippen LogP contribution is -2.50.